The Morgan fingerprint density at radius 3 is 2.82 bits per heavy atom. The first-order chi connectivity index (χ1) is 13.5. The van der Waals surface area contributed by atoms with Crippen LogP contribution in [0, 0.1) is 6.92 Å². The van der Waals surface area contributed by atoms with Gasteiger partial charge < -0.3 is 9.72 Å². The van der Waals surface area contributed by atoms with E-state index in [0.717, 1.165) is 28.2 Å². The molecule has 0 radical (unpaired) electrons. The molecule has 0 aliphatic rings. The number of aryl methyl sites for hydroxylation is 1. The lowest BCUT2D eigenvalue weighted by atomic mass is 10.1. The molecular weight excluding hydrogens is 352 g/mol. The second-order valence-electron chi connectivity index (χ2n) is 7.15. The van der Waals surface area contributed by atoms with Crippen molar-refractivity contribution in [3.63, 3.8) is 0 Å². The van der Waals surface area contributed by atoms with E-state index < -0.39 is 0 Å². The van der Waals surface area contributed by atoms with Crippen LogP contribution in [0.15, 0.2) is 48.8 Å². The quantitative estimate of drug-likeness (QED) is 0.557. The van der Waals surface area contributed by atoms with Gasteiger partial charge in [-0.25, -0.2) is 9.97 Å². The van der Waals surface area contributed by atoms with Crippen LogP contribution < -0.4 is 5.32 Å². The largest absolute Gasteiger partial charge is 0.326 e. The minimum absolute atomic E-state index is 0.144. The number of aromatic nitrogens is 5. The van der Waals surface area contributed by atoms with Crippen molar-refractivity contribution >= 4 is 17.2 Å². The standard InChI is InChI=1S/C21H22N6O/c1-13(2)20-24-18(25-26-20)11-19(28)22-16-8-4-7-15(10-16)17-12-27-9-5-6-14(3)21(27)23-17/h4-10,12-13H,11H2,1-3H3,(H,22,28)(H,24,25,26). The summed E-state index contributed by atoms with van der Waals surface area (Å²) in [6, 6.07) is 11.7. The van der Waals surface area contributed by atoms with Crippen molar-refractivity contribution in [2.24, 2.45) is 0 Å². The molecule has 1 aromatic carbocycles. The lowest BCUT2D eigenvalue weighted by Gasteiger charge is -2.05. The Kier molecular flexibility index (Phi) is 4.65. The fourth-order valence-electron chi connectivity index (χ4n) is 3.05. The van der Waals surface area contributed by atoms with Crippen LogP contribution in [-0.4, -0.2) is 30.5 Å². The first-order valence-corrected chi connectivity index (χ1v) is 9.25. The van der Waals surface area contributed by atoms with Gasteiger partial charge in [-0.2, -0.15) is 5.10 Å². The van der Waals surface area contributed by atoms with Gasteiger partial charge in [-0.3, -0.25) is 9.89 Å². The van der Waals surface area contributed by atoms with Gasteiger partial charge in [0.25, 0.3) is 0 Å². The summed E-state index contributed by atoms with van der Waals surface area (Å²) < 4.78 is 2.01. The second-order valence-corrected chi connectivity index (χ2v) is 7.15. The molecule has 4 rings (SSSR count). The zero-order valence-electron chi connectivity index (χ0n) is 16.1. The molecule has 3 aromatic heterocycles. The van der Waals surface area contributed by atoms with Gasteiger partial charge in [-0.05, 0) is 30.7 Å². The number of carbonyl (C=O) groups excluding carboxylic acids is 1. The number of H-pyrrole nitrogens is 1. The first kappa shape index (κ1) is 17.9. The van der Waals surface area contributed by atoms with Gasteiger partial charge in [0.05, 0.1) is 12.1 Å². The van der Waals surface area contributed by atoms with E-state index in [0.29, 0.717) is 11.6 Å². The molecule has 2 N–H and O–H groups in total. The number of anilines is 1. The number of fused-ring (bicyclic) bond motifs is 1. The van der Waals surface area contributed by atoms with Gasteiger partial charge in [-0.1, -0.05) is 32.0 Å². The highest BCUT2D eigenvalue weighted by Gasteiger charge is 2.12. The van der Waals surface area contributed by atoms with Crippen LogP contribution in [0.2, 0.25) is 0 Å². The number of benzene rings is 1. The lowest BCUT2D eigenvalue weighted by Crippen LogP contribution is -2.15. The van der Waals surface area contributed by atoms with E-state index in [1.165, 1.54) is 0 Å². The Labute approximate surface area is 162 Å². The van der Waals surface area contributed by atoms with Crippen molar-refractivity contribution in [2.45, 2.75) is 33.1 Å². The monoisotopic (exact) mass is 374 g/mol. The molecular formula is C21H22N6O. The molecule has 0 saturated carbocycles. The molecule has 0 atom stereocenters. The van der Waals surface area contributed by atoms with Crippen molar-refractivity contribution in [3.05, 3.63) is 66.0 Å². The highest BCUT2D eigenvalue weighted by atomic mass is 16.1. The van der Waals surface area contributed by atoms with E-state index in [-0.39, 0.29) is 18.2 Å². The summed E-state index contributed by atoms with van der Waals surface area (Å²) in [6.07, 6.45) is 4.12. The Bertz CT molecular complexity index is 1140. The maximum atomic E-state index is 12.4. The fraction of sp³-hybridized carbons (Fsp3) is 0.238. The van der Waals surface area contributed by atoms with E-state index >= 15 is 0 Å². The van der Waals surface area contributed by atoms with Crippen molar-refractivity contribution < 1.29 is 4.79 Å². The SMILES string of the molecule is Cc1cccn2cc(-c3cccc(NC(=O)Cc4nc(C(C)C)n[nH]4)c3)nc12. The molecule has 0 bridgehead atoms. The number of imidazole rings is 1. The summed E-state index contributed by atoms with van der Waals surface area (Å²) in [4.78, 5) is 21.4. The van der Waals surface area contributed by atoms with Crippen molar-refractivity contribution in [2.75, 3.05) is 5.32 Å². The van der Waals surface area contributed by atoms with Gasteiger partial charge in [0.15, 0.2) is 5.82 Å². The number of nitrogens with one attached hydrogen (secondary N) is 2. The number of carbonyl (C=O) groups is 1. The van der Waals surface area contributed by atoms with E-state index in [1.807, 2.05) is 74.0 Å². The molecule has 0 saturated heterocycles. The molecule has 7 heteroatoms. The zero-order valence-corrected chi connectivity index (χ0v) is 16.1. The maximum Gasteiger partial charge on any atom is 0.232 e. The van der Waals surface area contributed by atoms with Crippen molar-refractivity contribution in [3.8, 4) is 11.3 Å². The van der Waals surface area contributed by atoms with Crippen LogP contribution in [0.3, 0.4) is 0 Å². The topological polar surface area (TPSA) is 88.0 Å². The first-order valence-electron chi connectivity index (χ1n) is 9.25. The summed E-state index contributed by atoms with van der Waals surface area (Å²) in [7, 11) is 0. The van der Waals surface area contributed by atoms with E-state index in [2.05, 4.69) is 20.5 Å². The van der Waals surface area contributed by atoms with Gasteiger partial charge >= 0.3 is 0 Å². The van der Waals surface area contributed by atoms with Crippen LogP contribution in [0.1, 0.15) is 37.0 Å². The molecule has 1 amide bonds. The average molecular weight is 374 g/mol. The van der Waals surface area contributed by atoms with Crippen LogP contribution in [-0.2, 0) is 11.2 Å². The molecule has 3 heterocycles. The van der Waals surface area contributed by atoms with Crippen molar-refractivity contribution in [1.82, 2.24) is 24.6 Å². The summed E-state index contributed by atoms with van der Waals surface area (Å²) in [5.74, 6) is 1.35. The highest BCUT2D eigenvalue weighted by molar-refractivity contribution is 5.92. The molecule has 0 aliphatic carbocycles. The minimum atomic E-state index is -0.144. The zero-order chi connectivity index (χ0) is 19.7. The number of hydrogen-bond acceptors (Lipinski definition) is 4. The predicted octanol–water partition coefficient (Wildman–Crippen LogP) is 3.73. The Morgan fingerprint density at radius 2 is 2.07 bits per heavy atom. The van der Waals surface area contributed by atoms with Gasteiger partial charge in [0.2, 0.25) is 5.91 Å². The number of hydrogen-bond donors (Lipinski definition) is 2. The highest BCUT2D eigenvalue weighted by Crippen LogP contribution is 2.23. The average Bonchev–Trinajstić information content (AvgIpc) is 3.30. The molecule has 4 aromatic rings. The van der Waals surface area contributed by atoms with Crippen LogP contribution >= 0.6 is 0 Å². The van der Waals surface area contributed by atoms with Gasteiger partial charge in [0, 0.05) is 29.6 Å². The van der Waals surface area contributed by atoms with Gasteiger partial charge in [-0.15, -0.1) is 0 Å². The normalized spacial score (nSPS) is 11.3. The van der Waals surface area contributed by atoms with Crippen LogP contribution in [0.5, 0.6) is 0 Å². The van der Waals surface area contributed by atoms with E-state index in [9.17, 15) is 4.79 Å². The third-order valence-corrected chi connectivity index (χ3v) is 4.51. The minimum Gasteiger partial charge on any atom is -0.326 e. The van der Waals surface area contributed by atoms with E-state index in [1.54, 1.807) is 0 Å². The Hall–Kier alpha value is -3.48. The molecule has 0 fully saturated rings. The molecule has 0 spiro atoms. The predicted molar refractivity (Wildman–Crippen MR) is 108 cm³/mol. The van der Waals surface area contributed by atoms with Gasteiger partial charge in [0.1, 0.15) is 11.5 Å². The lowest BCUT2D eigenvalue weighted by molar-refractivity contribution is -0.115. The molecule has 0 unspecified atom stereocenters. The molecule has 7 nitrogen and oxygen atoms in total. The van der Waals surface area contributed by atoms with E-state index in [4.69, 9.17) is 4.98 Å². The summed E-state index contributed by atoms with van der Waals surface area (Å²) >= 11 is 0. The smallest absolute Gasteiger partial charge is 0.232 e. The number of rotatable bonds is 5. The number of amides is 1. The number of nitrogens with zero attached hydrogens (tertiary/aromatic N) is 4. The Balaban J connectivity index is 1.51. The summed E-state index contributed by atoms with van der Waals surface area (Å²) in [5.41, 5.74) is 4.58. The second kappa shape index (κ2) is 7.26. The molecule has 142 valence electrons. The fourth-order valence-corrected chi connectivity index (χ4v) is 3.05. The number of pyridine rings is 1. The maximum absolute atomic E-state index is 12.4. The third-order valence-electron chi connectivity index (χ3n) is 4.51. The van der Waals surface area contributed by atoms with Crippen molar-refractivity contribution in [1.29, 1.82) is 0 Å². The Morgan fingerprint density at radius 1 is 1.21 bits per heavy atom. The van der Waals surface area contributed by atoms with Crippen LogP contribution in [0.4, 0.5) is 5.69 Å². The summed E-state index contributed by atoms with van der Waals surface area (Å²) in [6.45, 7) is 6.07. The third kappa shape index (κ3) is 3.64. The number of aromatic amines is 1. The van der Waals surface area contributed by atoms with Crippen LogP contribution in [0.25, 0.3) is 16.9 Å². The molecule has 28 heavy (non-hydrogen) atoms. The summed E-state index contributed by atoms with van der Waals surface area (Å²) in [5, 5.41) is 9.88. The molecule has 0 aliphatic heterocycles.